The Kier molecular flexibility index (Phi) is 6.71. The Morgan fingerprint density at radius 3 is 2.87 bits per heavy atom. The summed E-state index contributed by atoms with van der Waals surface area (Å²) in [5, 5.41) is 7.60. The smallest absolute Gasteiger partial charge is 0.264 e. The molecule has 0 spiro atoms. The molecule has 2 aliphatic heterocycles. The van der Waals surface area contributed by atoms with Crippen LogP contribution < -0.4 is 21.1 Å². The quantitative estimate of drug-likeness (QED) is 0.540. The zero-order chi connectivity index (χ0) is 20.5. The number of morpholine rings is 1. The van der Waals surface area contributed by atoms with Gasteiger partial charge in [0, 0.05) is 31.9 Å². The van der Waals surface area contributed by atoms with Gasteiger partial charge in [0.25, 0.3) is 5.56 Å². The number of aromatic amines is 1. The van der Waals surface area contributed by atoms with Gasteiger partial charge >= 0.3 is 0 Å². The highest BCUT2D eigenvalue weighted by Crippen LogP contribution is 2.33. The van der Waals surface area contributed by atoms with Crippen molar-refractivity contribution in [2.75, 3.05) is 49.6 Å². The molecule has 11 heteroatoms. The first-order valence-electron chi connectivity index (χ1n) is 10.4. The Hall–Kier alpha value is -2.27. The Morgan fingerprint density at radius 1 is 1.29 bits per heavy atom. The average Bonchev–Trinajstić information content (AvgIpc) is 3.20. The van der Waals surface area contributed by atoms with Gasteiger partial charge in [0.1, 0.15) is 21.9 Å². The molecule has 3 aromatic heterocycles. The van der Waals surface area contributed by atoms with Crippen molar-refractivity contribution in [3.8, 4) is 10.6 Å². The fourth-order valence-corrected chi connectivity index (χ4v) is 5.00. The molecule has 0 aromatic carbocycles. The zero-order valence-electron chi connectivity index (χ0n) is 17.3. The average molecular weight is 464 g/mol. The Bertz CT molecular complexity index is 1110. The molecule has 0 amide bonds. The van der Waals surface area contributed by atoms with Crippen LogP contribution in [0.25, 0.3) is 20.8 Å². The second kappa shape index (κ2) is 9.47. The van der Waals surface area contributed by atoms with Gasteiger partial charge in [0.05, 0.1) is 23.6 Å². The number of thiazole rings is 1. The third-order valence-electron chi connectivity index (χ3n) is 5.56. The number of aryl methyl sites for hydroxylation is 1. The third kappa shape index (κ3) is 4.52. The van der Waals surface area contributed by atoms with E-state index in [1.807, 2.05) is 13.0 Å². The van der Waals surface area contributed by atoms with Crippen LogP contribution in [0.2, 0.25) is 0 Å². The highest BCUT2D eigenvalue weighted by atomic mass is 35.5. The van der Waals surface area contributed by atoms with Crippen molar-refractivity contribution >= 4 is 45.7 Å². The molecule has 2 fully saturated rings. The number of fused-ring (bicyclic) bond motifs is 1. The second-order valence-electron chi connectivity index (χ2n) is 7.66. The maximum Gasteiger partial charge on any atom is 0.264 e. The van der Waals surface area contributed by atoms with Crippen molar-refractivity contribution in [3.63, 3.8) is 0 Å². The van der Waals surface area contributed by atoms with Crippen LogP contribution in [0, 0.1) is 6.92 Å². The van der Waals surface area contributed by atoms with Gasteiger partial charge in [0.2, 0.25) is 5.95 Å². The summed E-state index contributed by atoms with van der Waals surface area (Å²) in [5.41, 5.74) is 2.01. The topological polar surface area (TPSA) is 108 Å². The molecule has 5 heterocycles. The van der Waals surface area contributed by atoms with E-state index < -0.39 is 0 Å². The normalized spacial score (nSPS) is 19.3. The van der Waals surface area contributed by atoms with E-state index in [1.165, 1.54) is 11.3 Å². The molecule has 0 unspecified atom stereocenters. The first kappa shape index (κ1) is 21.9. The minimum Gasteiger partial charge on any atom is -0.378 e. The number of nitrogens with one attached hydrogen (secondary N) is 3. The van der Waals surface area contributed by atoms with Crippen molar-refractivity contribution < 1.29 is 4.74 Å². The molecule has 2 aliphatic rings. The fourth-order valence-electron chi connectivity index (χ4n) is 3.95. The highest BCUT2D eigenvalue weighted by Gasteiger charge is 2.24. The minimum absolute atomic E-state index is 0. The minimum atomic E-state index is -0.178. The lowest BCUT2D eigenvalue weighted by Crippen LogP contribution is -2.40. The maximum absolute atomic E-state index is 13.2. The van der Waals surface area contributed by atoms with E-state index >= 15 is 0 Å². The van der Waals surface area contributed by atoms with E-state index in [1.54, 1.807) is 6.20 Å². The summed E-state index contributed by atoms with van der Waals surface area (Å²) in [5.74, 6) is 1.18. The van der Waals surface area contributed by atoms with Gasteiger partial charge in [-0.25, -0.2) is 4.98 Å². The molecule has 0 saturated carbocycles. The predicted molar refractivity (Wildman–Crippen MR) is 126 cm³/mol. The largest absolute Gasteiger partial charge is 0.378 e. The second-order valence-corrected chi connectivity index (χ2v) is 8.69. The fraction of sp³-hybridized carbons (Fsp3) is 0.500. The van der Waals surface area contributed by atoms with Crippen molar-refractivity contribution in [1.82, 2.24) is 25.3 Å². The van der Waals surface area contributed by atoms with E-state index in [0.717, 1.165) is 41.8 Å². The van der Waals surface area contributed by atoms with Crippen LogP contribution in [-0.2, 0) is 4.74 Å². The van der Waals surface area contributed by atoms with Gasteiger partial charge < -0.3 is 20.3 Å². The van der Waals surface area contributed by atoms with Crippen molar-refractivity contribution in [1.29, 1.82) is 0 Å². The number of ether oxygens (including phenoxy) is 1. The third-order valence-corrected chi connectivity index (χ3v) is 6.60. The van der Waals surface area contributed by atoms with Gasteiger partial charge in [-0.1, -0.05) is 0 Å². The highest BCUT2D eigenvalue weighted by molar-refractivity contribution is 7.21. The number of aromatic nitrogens is 4. The van der Waals surface area contributed by atoms with Crippen molar-refractivity contribution in [3.05, 3.63) is 28.3 Å². The number of anilines is 2. The van der Waals surface area contributed by atoms with Gasteiger partial charge in [-0.3, -0.25) is 14.8 Å². The molecule has 0 bridgehead atoms. The van der Waals surface area contributed by atoms with Crippen LogP contribution >= 0.6 is 23.7 Å². The van der Waals surface area contributed by atoms with Gasteiger partial charge in [-0.15, -0.1) is 23.7 Å². The Balaban J connectivity index is 0.00000231. The van der Waals surface area contributed by atoms with Crippen molar-refractivity contribution in [2.24, 2.45) is 0 Å². The molecular weight excluding hydrogens is 438 g/mol. The van der Waals surface area contributed by atoms with Crippen LogP contribution in [0.5, 0.6) is 0 Å². The van der Waals surface area contributed by atoms with Crippen LogP contribution in [0.1, 0.15) is 18.5 Å². The van der Waals surface area contributed by atoms with Crippen LogP contribution in [0.4, 0.5) is 11.8 Å². The summed E-state index contributed by atoms with van der Waals surface area (Å²) in [6.07, 6.45) is 3.91. The summed E-state index contributed by atoms with van der Waals surface area (Å²) >= 11 is 1.50. The lowest BCUT2D eigenvalue weighted by molar-refractivity contribution is 0.122. The molecule has 5 rings (SSSR count). The molecule has 2 saturated heterocycles. The number of piperidine rings is 1. The summed E-state index contributed by atoms with van der Waals surface area (Å²) < 4.78 is 6.45. The number of hydrogen-bond acceptors (Lipinski definition) is 9. The molecule has 9 nitrogen and oxygen atoms in total. The van der Waals surface area contributed by atoms with E-state index in [4.69, 9.17) is 14.7 Å². The number of halogens is 1. The molecule has 3 aromatic rings. The first-order chi connectivity index (χ1) is 14.7. The van der Waals surface area contributed by atoms with E-state index in [0.29, 0.717) is 48.6 Å². The molecule has 166 valence electrons. The summed E-state index contributed by atoms with van der Waals surface area (Å²) in [6.45, 7) is 6.48. The molecule has 0 aliphatic carbocycles. The summed E-state index contributed by atoms with van der Waals surface area (Å²) in [4.78, 5) is 32.2. The Labute approximate surface area is 190 Å². The van der Waals surface area contributed by atoms with Crippen LogP contribution in [0.3, 0.4) is 0 Å². The first-order valence-corrected chi connectivity index (χ1v) is 11.2. The van der Waals surface area contributed by atoms with Gasteiger partial charge in [0.15, 0.2) is 0 Å². The van der Waals surface area contributed by atoms with Gasteiger partial charge in [-0.05, 0) is 32.4 Å². The lowest BCUT2D eigenvalue weighted by atomic mass is 10.1. The zero-order valence-corrected chi connectivity index (χ0v) is 18.9. The molecule has 3 N–H and O–H groups in total. The molecule has 0 radical (unpaired) electrons. The van der Waals surface area contributed by atoms with Gasteiger partial charge in [-0.2, -0.15) is 4.98 Å². The van der Waals surface area contributed by atoms with Crippen LogP contribution in [-0.4, -0.2) is 65.4 Å². The molecule has 1 atom stereocenters. The number of H-pyrrole nitrogens is 1. The Morgan fingerprint density at radius 2 is 2.13 bits per heavy atom. The van der Waals surface area contributed by atoms with E-state index in [2.05, 4.69) is 25.5 Å². The lowest BCUT2D eigenvalue weighted by Gasteiger charge is -2.29. The standard InChI is InChI=1S/C20H25N7O2S.ClH/c1-12-16-14(4-6-22-12)30-19(24-16)15-17(23-13-3-2-5-21-11-13)25-20(26-18(15)28)27-7-9-29-10-8-27;/h4,6,13,21H,2-3,5,7-11H2,1H3,(H2,23,25,26,28);1H/t13-;/m1./s1. The molecular formula is C20H26ClN7O2S. The number of nitrogens with zero attached hydrogens (tertiary/aromatic N) is 4. The number of hydrogen-bond donors (Lipinski definition) is 3. The van der Waals surface area contributed by atoms with E-state index in [9.17, 15) is 4.79 Å². The predicted octanol–water partition coefficient (Wildman–Crippen LogP) is 2.17. The molecule has 31 heavy (non-hydrogen) atoms. The monoisotopic (exact) mass is 463 g/mol. The SMILES string of the molecule is Cc1nccc2sc(-c3c(N[C@@H]4CCCNC4)nc(N4CCOCC4)[nH]c3=O)nc12.Cl. The summed E-state index contributed by atoms with van der Waals surface area (Å²) in [7, 11) is 0. The van der Waals surface area contributed by atoms with Crippen molar-refractivity contribution in [2.45, 2.75) is 25.8 Å². The van der Waals surface area contributed by atoms with Crippen LogP contribution in [0.15, 0.2) is 17.1 Å². The maximum atomic E-state index is 13.2. The summed E-state index contributed by atoms with van der Waals surface area (Å²) in [6, 6.07) is 2.16. The number of pyridine rings is 1. The number of rotatable bonds is 4. The van der Waals surface area contributed by atoms with E-state index in [-0.39, 0.29) is 24.0 Å².